The van der Waals surface area contributed by atoms with E-state index < -0.39 is 0 Å². The van der Waals surface area contributed by atoms with Crippen LogP contribution in [-0.2, 0) is 29.0 Å². The molecule has 0 N–H and O–H groups in total. The Morgan fingerprint density at radius 1 is 1.14 bits per heavy atom. The second-order valence-corrected chi connectivity index (χ2v) is 8.51. The highest BCUT2D eigenvalue weighted by Crippen LogP contribution is 2.31. The maximum Gasteiger partial charge on any atom is 0.230 e. The zero-order valence-corrected chi connectivity index (χ0v) is 17.2. The molecule has 1 aromatic carbocycles. The predicted octanol–water partition coefficient (Wildman–Crippen LogP) is 3.40. The van der Waals surface area contributed by atoms with E-state index in [0.717, 1.165) is 56.0 Å². The van der Waals surface area contributed by atoms with Crippen molar-refractivity contribution in [3.8, 4) is 0 Å². The molecule has 6 nitrogen and oxygen atoms in total. The number of hydrogen-bond acceptors (Lipinski definition) is 5. The third-order valence-corrected chi connectivity index (χ3v) is 6.48. The molecule has 1 aliphatic carbocycles. The molecule has 7 heteroatoms. The van der Waals surface area contributed by atoms with Gasteiger partial charge in [0, 0.05) is 53.7 Å². The minimum atomic E-state index is 0.0160. The number of nitrogens with zero attached hydrogens (tertiary/aromatic N) is 4. The van der Waals surface area contributed by atoms with Crippen LogP contribution in [0.25, 0.3) is 0 Å². The van der Waals surface area contributed by atoms with E-state index in [4.69, 9.17) is 21.3 Å². The minimum Gasteiger partial charge on any atom is -0.375 e. The van der Waals surface area contributed by atoms with Crippen LogP contribution in [0.15, 0.2) is 24.4 Å². The molecular weight excluding hydrogens is 388 g/mol. The van der Waals surface area contributed by atoms with Crippen LogP contribution in [-0.4, -0.2) is 42.1 Å². The number of carbonyl (C=O) groups is 1. The summed E-state index contributed by atoms with van der Waals surface area (Å²) < 4.78 is 5.68. The fourth-order valence-electron chi connectivity index (χ4n) is 4.62. The van der Waals surface area contributed by atoms with Crippen molar-refractivity contribution in [3.05, 3.63) is 46.2 Å². The monoisotopic (exact) mass is 412 g/mol. The summed E-state index contributed by atoms with van der Waals surface area (Å²) in [4.78, 5) is 26.8. The highest BCUT2D eigenvalue weighted by atomic mass is 35.5. The van der Waals surface area contributed by atoms with Gasteiger partial charge in [-0.1, -0.05) is 11.6 Å². The molecule has 1 fully saturated rings. The lowest BCUT2D eigenvalue weighted by Gasteiger charge is -2.34. The summed E-state index contributed by atoms with van der Waals surface area (Å²) in [5, 5.41) is 0.671. The molecule has 5 rings (SSSR count). The Morgan fingerprint density at radius 2 is 2.00 bits per heavy atom. The Morgan fingerprint density at radius 3 is 2.86 bits per heavy atom. The van der Waals surface area contributed by atoms with Crippen molar-refractivity contribution in [2.75, 3.05) is 36.0 Å². The number of rotatable bonds is 2. The van der Waals surface area contributed by atoms with Crippen molar-refractivity contribution in [3.63, 3.8) is 0 Å². The second kappa shape index (κ2) is 7.92. The van der Waals surface area contributed by atoms with Gasteiger partial charge in [-0.05, 0) is 55.9 Å². The second-order valence-electron chi connectivity index (χ2n) is 8.07. The number of amides is 1. The first kappa shape index (κ1) is 18.8. The topological polar surface area (TPSA) is 58.6 Å². The van der Waals surface area contributed by atoms with E-state index in [1.165, 1.54) is 17.7 Å². The number of benzene rings is 1. The Hall–Kier alpha value is -2.18. The number of fused-ring (bicyclic) bond motifs is 2. The maximum absolute atomic E-state index is 13.3. The van der Waals surface area contributed by atoms with E-state index in [9.17, 15) is 4.79 Å². The summed E-state index contributed by atoms with van der Waals surface area (Å²) in [6.45, 7) is 3.25. The van der Waals surface area contributed by atoms with Crippen LogP contribution in [0.3, 0.4) is 0 Å². The van der Waals surface area contributed by atoms with Gasteiger partial charge in [-0.25, -0.2) is 9.97 Å². The minimum absolute atomic E-state index is 0.0160. The van der Waals surface area contributed by atoms with Gasteiger partial charge < -0.3 is 14.5 Å². The Bertz CT molecular complexity index is 927. The molecule has 1 aromatic heterocycles. The fraction of sp³-hybridized carbons (Fsp3) is 0.500. The molecule has 2 aliphatic heterocycles. The molecule has 152 valence electrons. The highest BCUT2D eigenvalue weighted by molar-refractivity contribution is 6.30. The molecule has 1 amide bonds. The molecule has 0 spiro atoms. The first-order chi connectivity index (χ1) is 14.2. The van der Waals surface area contributed by atoms with Crippen molar-refractivity contribution in [2.45, 2.75) is 38.7 Å². The number of carbonyl (C=O) groups excluding carboxylic acids is 1. The maximum atomic E-state index is 13.3. The smallest absolute Gasteiger partial charge is 0.230 e. The van der Waals surface area contributed by atoms with E-state index in [1.807, 2.05) is 29.3 Å². The number of halogens is 1. The van der Waals surface area contributed by atoms with Gasteiger partial charge in [0.25, 0.3) is 0 Å². The van der Waals surface area contributed by atoms with Gasteiger partial charge in [-0.15, -0.1) is 0 Å². The Balaban J connectivity index is 1.28. The summed E-state index contributed by atoms with van der Waals surface area (Å²) in [5.41, 5.74) is 4.41. The van der Waals surface area contributed by atoms with E-state index in [-0.39, 0.29) is 11.8 Å². The quantitative estimate of drug-likeness (QED) is 0.756. The summed E-state index contributed by atoms with van der Waals surface area (Å²) in [5.74, 6) is 1.02. The third kappa shape index (κ3) is 3.71. The van der Waals surface area contributed by atoms with Crippen molar-refractivity contribution in [1.82, 2.24) is 9.97 Å². The van der Waals surface area contributed by atoms with Crippen molar-refractivity contribution >= 4 is 29.1 Å². The third-order valence-electron chi connectivity index (χ3n) is 6.24. The highest BCUT2D eigenvalue weighted by Gasteiger charge is 2.32. The molecule has 3 heterocycles. The number of anilines is 2. The Labute approximate surface area is 175 Å². The standard InChI is InChI=1S/C22H25ClN4O2/c23-18-4-5-20-17(12-18)14-29-11-10-27(20)21(28)15-6-8-26(9-7-15)22-24-13-16-2-1-3-19(16)25-22/h4-5,12-13,15H,1-3,6-11,14H2. The summed E-state index contributed by atoms with van der Waals surface area (Å²) in [7, 11) is 0. The first-order valence-corrected chi connectivity index (χ1v) is 10.8. The van der Waals surface area contributed by atoms with Crippen LogP contribution < -0.4 is 9.80 Å². The molecule has 0 atom stereocenters. The zero-order chi connectivity index (χ0) is 19.8. The van der Waals surface area contributed by atoms with E-state index in [2.05, 4.69) is 9.88 Å². The van der Waals surface area contributed by atoms with Crippen molar-refractivity contribution in [1.29, 1.82) is 0 Å². The average molecular weight is 413 g/mol. The summed E-state index contributed by atoms with van der Waals surface area (Å²) in [6.07, 6.45) is 6.95. The number of ether oxygens (including phenoxy) is 1. The van der Waals surface area contributed by atoms with Crippen LogP contribution in [0.5, 0.6) is 0 Å². The molecule has 0 unspecified atom stereocenters. The normalized spacial score (nSPS) is 19.6. The largest absolute Gasteiger partial charge is 0.375 e. The van der Waals surface area contributed by atoms with Gasteiger partial charge in [0.05, 0.1) is 13.2 Å². The summed E-state index contributed by atoms with van der Waals surface area (Å²) in [6, 6.07) is 5.69. The van der Waals surface area contributed by atoms with Crippen molar-refractivity contribution < 1.29 is 9.53 Å². The van der Waals surface area contributed by atoms with Gasteiger partial charge >= 0.3 is 0 Å². The molecule has 0 bridgehead atoms. The number of hydrogen-bond donors (Lipinski definition) is 0. The first-order valence-electron chi connectivity index (χ1n) is 10.5. The fourth-order valence-corrected chi connectivity index (χ4v) is 4.82. The number of aryl methyl sites for hydroxylation is 2. The van der Waals surface area contributed by atoms with E-state index >= 15 is 0 Å². The van der Waals surface area contributed by atoms with Gasteiger partial charge in [-0.3, -0.25) is 4.79 Å². The van der Waals surface area contributed by atoms with Crippen LogP contribution >= 0.6 is 11.6 Å². The molecule has 3 aliphatic rings. The van der Waals surface area contributed by atoms with Gasteiger partial charge in [0.1, 0.15) is 0 Å². The van der Waals surface area contributed by atoms with E-state index in [1.54, 1.807) is 0 Å². The predicted molar refractivity (Wildman–Crippen MR) is 112 cm³/mol. The van der Waals surface area contributed by atoms with E-state index in [0.29, 0.717) is 24.8 Å². The molecule has 0 radical (unpaired) electrons. The van der Waals surface area contributed by atoms with Crippen LogP contribution in [0.2, 0.25) is 5.02 Å². The molecular formula is C22H25ClN4O2. The van der Waals surface area contributed by atoms with Gasteiger partial charge in [-0.2, -0.15) is 0 Å². The Kier molecular flexibility index (Phi) is 5.14. The number of aromatic nitrogens is 2. The zero-order valence-electron chi connectivity index (χ0n) is 16.4. The van der Waals surface area contributed by atoms with Crippen LogP contribution in [0, 0.1) is 5.92 Å². The SMILES string of the molecule is O=C(C1CCN(c2ncc3c(n2)CCC3)CC1)N1CCOCc2cc(Cl)ccc21. The lowest BCUT2D eigenvalue weighted by atomic mass is 9.95. The lowest BCUT2D eigenvalue weighted by Crippen LogP contribution is -2.44. The average Bonchev–Trinajstić information content (AvgIpc) is 3.12. The van der Waals surface area contributed by atoms with Crippen LogP contribution in [0.4, 0.5) is 11.6 Å². The van der Waals surface area contributed by atoms with Gasteiger partial charge in [0.2, 0.25) is 11.9 Å². The summed E-state index contributed by atoms with van der Waals surface area (Å²) >= 11 is 6.14. The molecule has 0 saturated carbocycles. The molecule has 2 aromatic rings. The number of piperidine rings is 1. The van der Waals surface area contributed by atoms with Crippen molar-refractivity contribution in [2.24, 2.45) is 5.92 Å². The molecule has 29 heavy (non-hydrogen) atoms. The van der Waals surface area contributed by atoms with Gasteiger partial charge in [0.15, 0.2) is 0 Å². The van der Waals surface area contributed by atoms with Crippen LogP contribution in [0.1, 0.15) is 36.1 Å². The lowest BCUT2D eigenvalue weighted by molar-refractivity contribution is -0.123. The molecule has 1 saturated heterocycles.